The van der Waals surface area contributed by atoms with E-state index in [0.717, 1.165) is 36.8 Å². The number of carbonyl (C=O) groups is 1. The molecular formula is C31H35Br2ClN2O3. The van der Waals surface area contributed by atoms with Crippen molar-refractivity contribution >= 4 is 55.6 Å². The summed E-state index contributed by atoms with van der Waals surface area (Å²) >= 11 is 13.3. The Morgan fingerprint density at radius 2 is 1.56 bits per heavy atom. The van der Waals surface area contributed by atoms with Crippen molar-refractivity contribution in [1.29, 1.82) is 0 Å². The quantitative estimate of drug-likeness (QED) is 0.185. The van der Waals surface area contributed by atoms with Crippen LogP contribution in [0.4, 0.5) is 0 Å². The van der Waals surface area contributed by atoms with E-state index < -0.39 is 0 Å². The second kappa shape index (κ2) is 12.9. The smallest absolute Gasteiger partial charge is 0.240 e. The van der Waals surface area contributed by atoms with Crippen LogP contribution in [-0.4, -0.2) is 17.2 Å². The van der Waals surface area contributed by atoms with Gasteiger partial charge in [0.25, 0.3) is 0 Å². The number of halogens is 3. The summed E-state index contributed by atoms with van der Waals surface area (Å²) in [4.78, 5) is 12.5. The summed E-state index contributed by atoms with van der Waals surface area (Å²) in [6.07, 6.45) is 2.40. The third kappa shape index (κ3) is 8.57. The van der Waals surface area contributed by atoms with Gasteiger partial charge in [-0.25, -0.2) is 5.43 Å². The highest BCUT2D eigenvalue weighted by Crippen LogP contribution is 2.40. The van der Waals surface area contributed by atoms with Crippen LogP contribution in [0, 0.1) is 0 Å². The van der Waals surface area contributed by atoms with Gasteiger partial charge in [0.2, 0.25) is 5.91 Å². The number of phenolic OH excluding ortho intramolecular Hbond substituents is 1. The van der Waals surface area contributed by atoms with Crippen LogP contribution in [0.25, 0.3) is 0 Å². The van der Waals surface area contributed by atoms with Gasteiger partial charge in [-0.3, -0.25) is 4.79 Å². The molecule has 3 aromatic rings. The average molecular weight is 679 g/mol. The van der Waals surface area contributed by atoms with Crippen LogP contribution < -0.4 is 10.2 Å². The number of nitrogens with zero attached hydrogens (tertiary/aromatic N) is 1. The number of carbonyl (C=O) groups excluding carboxylic acids is 1. The summed E-state index contributed by atoms with van der Waals surface area (Å²) in [5, 5.41) is 15.7. The van der Waals surface area contributed by atoms with E-state index in [4.69, 9.17) is 16.3 Å². The van der Waals surface area contributed by atoms with Crippen LogP contribution in [0.5, 0.6) is 11.5 Å². The number of benzene rings is 3. The number of hydrogen-bond acceptors (Lipinski definition) is 4. The summed E-state index contributed by atoms with van der Waals surface area (Å²) in [5.41, 5.74) is 6.64. The third-order valence-corrected chi connectivity index (χ3v) is 7.73. The first-order valence-electron chi connectivity index (χ1n) is 12.7. The summed E-state index contributed by atoms with van der Waals surface area (Å²) in [6, 6.07) is 15.3. The summed E-state index contributed by atoms with van der Waals surface area (Å²) in [7, 11) is 0. The first-order valence-corrected chi connectivity index (χ1v) is 14.7. The molecule has 0 fully saturated rings. The molecule has 3 aromatic carbocycles. The Kier molecular flexibility index (Phi) is 10.3. The number of phenols is 1. The van der Waals surface area contributed by atoms with Crippen molar-refractivity contribution in [3.63, 3.8) is 0 Å². The second-order valence-electron chi connectivity index (χ2n) is 11.5. The Bertz CT molecular complexity index is 1320. The molecule has 0 radical (unpaired) electrons. The number of aryl methyl sites for hydroxylation is 1. The Morgan fingerprint density at radius 3 is 2.10 bits per heavy atom. The normalized spacial score (nSPS) is 12.1. The van der Waals surface area contributed by atoms with Crippen LogP contribution >= 0.6 is 43.5 Å². The molecule has 0 heterocycles. The van der Waals surface area contributed by atoms with Gasteiger partial charge in [-0.1, -0.05) is 83.5 Å². The number of aromatic hydroxyl groups is 1. The van der Waals surface area contributed by atoms with Gasteiger partial charge in [-0.05, 0) is 89.6 Å². The van der Waals surface area contributed by atoms with E-state index in [-0.39, 0.29) is 23.2 Å². The van der Waals surface area contributed by atoms with E-state index in [1.54, 1.807) is 6.21 Å². The van der Waals surface area contributed by atoms with E-state index in [1.807, 2.05) is 48.5 Å². The van der Waals surface area contributed by atoms with Crippen LogP contribution in [-0.2, 0) is 28.7 Å². The van der Waals surface area contributed by atoms with Crippen LogP contribution in [0.15, 0.2) is 62.6 Å². The van der Waals surface area contributed by atoms with Crippen LogP contribution in [0.2, 0.25) is 5.02 Å². The van der Waals surface area contributed by atoms with Gasteiger partial charge in [-0.2, -0.15) is 5.10 Å². The fraction of sp³-hybridized carbons (Fsp3) is 0.355. The fourth-order valence-corrected chi connectivity index (χ4v) is 5.67. The molecule has 0 saturated heterocycles. The summed E-state index contributed by atoms with van der Waals surface area (Å²) in [5.74, 6) is 0.798. The van der Waals surface area contributed by atoms with E-state index in [0.29, 0.717) is 29.5 Å². The summed E-state index contributed by atoms with van der Waals surface area (Å²) in [6.45, 7) is 12.8. The van der Waals surface area contributed by atoms with Crippen molar-refractivity contribution in [3.05, 3.63) is 90.3 Å². The van der Waals surface area contributed by atoms with Crippen molar-refractivity contribution in [3.8, 4) is 11.5 Å². The molecule has 8 heteroatoms. The molecule has 0 saturated carbocycles. The summed E-state index contributed by atoms with van der Waals surface area (Å²) < 4.78 is 7.45. The zero-order valence-electron chi connectivity index (χ0n) is 23.2. The van der Waals surface area contributed by atoms with Crippen LogP contribution in [0.1, 0.15) is 75.8 Å². The number of nitrogens with one attached hydrogen (secondary N) is 1. The largest absolute Gasteiger partial charge is 0.507 e. The fourth-order valence-electron chi connectivity index (χ4n) is 4.03. The van der Waals surface area contributed by atoms with Crippen molar-refractivity contribution in [1.82, 2.24) is 5.43 Å². The molecule has 0 aliphatic heterocycles. The van der Waals surface area contributed by atoms with Crippen LogP contribution in [0.3, 0.4) is 0 Å². The monoisotopic (exact) mass is 676 g/mol. The maximum absolute atomic E-state index is 12.5. The highest BCUT2D eigenvalue weighted by Gasteiger charge is 2.26. The Morgan fingerprint density at radius 1 is 1.00 bits per heavy atom. The van der Waals surface area contributed by atoms with Gasteiger partial charge < -0.3 is 9.84 Å². The van der Waals surface area contributed by atoms with Crippen molar-refractivity contribution in [2.75, 3.05) is 0 Å². The van der Waals surface area contributed by atoms with Gasteiger partial charge >= 0.3 is 0 Å². The minimum Gasteiger partial charge on any atom is -0.507 e. The molecule has 2 N–H and O–H groups in total. The minimum atomic E-state index is -0.218. The van der Waals surface area contributed by atoms with Gasteiger partial charge in [0, 0.05) is 17.0 Å². The molecule has 0 aliphatic carbocycles. The number of hydrogen-bond donors (Lipinski definition) is 2. The maximum atomic E-state index is 12.5. The van der Waals surface area contributed by atoms with E-state index in [9.17, 15) is 9.90 Å². The minimum absolute atomic E-state index is 0.188. The highest BCUT2D eigenvalue weighted by atomic mass is 79.9. The first-order chi connectivity index (χ1) is 18.2. The molecule has 3 rings (SSSR count). The molecule has 1 amide bonds. The van der Waals surface area contributed by atoms with Gasteiger partial charge in [0.1, 0.15) is 18.1 Å². The molecular weight excluding hydrogens is 644 g/mol. The Hall–Kier alpha value is -2.35. The molecule has 5 nitrogen and oxygen atoms in total. The van der Waals surface area contributed by atoms with Gasteiger partial charge in [0.15, 0.2) is 0 Å². The second-order valence-corrected chi connectivity index (χ2v) is 13.6. The molecule has 0 spiro atoms. The van der Waals surface area contributed by atoms with Gasteiger partial charge in [0.05, 0.1) is 15.2 Å². The van der Waals surface area contributed by atoms with E-state index in [2.05, 4.69) is 83.9 Å². The average Bonchev–Trinajstić information content (AvgIpc) is 2.82. The van der Waals surface area contributed by atoms with Crippen molar-refractivity contribution in [2.45, 2.75) is 71.8 Å². The third-order valence-electron chi connectivity index (χ3n) is 6.18. The predicted molar refractivity (Wildman–Crippen MR) is 167 cm³/mol. The Labute approximate surface area is 253 Å². The standard InChI is InChI=1S/C31H35Br2ClN2O3/c1-30(2,3)22-13-19(14-23(28(22)38)31(4,5)6)11-12-27(37)36-35-17-20-15-24(32)29(25(33)16-20)39-18-21-9-7-8-10-26(21)34/h7-10,13-17,38H,11-12,18H2,1-6H3,(H,36,37)/b35-17-. The maximum Gasteiger partial charge on any atom is 0.240 e. The molecule has 0 bridgehead atoms. The number of hydrazone groups is 1. The zero-order valence-corrected chi connectivity index (χ0v) is 27.1. The lowest BCUT2D eigenvalue weighted by Gasteiger charge is -2.28. The molecule has 208 valence electrons. The molecule has 0 atom stereocenters. The predicted octanol–water partition coefficient (Wildman–Crippen LogP) is 8.83. The lowest BCUT2D eigenvalue weighted by molar-refractivity contribution is -0.121. The SMILES string of the molecule is CC(C)(C)c1cc(CCC(=O)N/N=C\c2cc(Br)c(OCc3ccccc3Cl)c(Br)c2)cc(C(C)(C)C)c1O. The van der Waals surface area contributed by atoms with Crippen molar-refractivity contribution < 1.29 is 14.6 Å². The lowest BCUT2D eigenvalue weighted by Crippen LogP contribution is -2.20. The molecule has 0 aromatic heterocycles. The topological polar surface area (TPSA) is 70.9 Å². The number of rotatable bonds is 8. The van der Waals surface area contributed by atoms with E-state index >= 15 is 0 Å². The highest BCUT2D eigenvalue weighted by molar-refractivity contribution is 9.11. The molecule has 39 heavy (non-hydrogen) atoms. The number of amides is 1. The molecule has 0 aliphatic rings. The van der Waals surface area contributed by atoms with E-state index in [1.165, 1.54) is 0 Å². The molecule has 0 unspecified atom stereocenters. The first kappa shape index (κ1) is 31.2. The number of ether oxygens (including phenoxy) is 1. The Balaban J connectivity index is 1.63. The van der Waals surface area contributed by atoms with Crippen molar-refractivity contribution in [2.24, 2.45) is 5.10 Å². The zero-order chi connectivity index (χ0) is 29.0. The van der Waals surface area contributed by atoms with Gasteiger partial charge in [-0.15, -0.1) is 0 Å². The lowest BCUT2D eigenvalue weighted by atomic mass is 9.78.